The van der Waals surface area contributed by atoms with E-state index in [1.54, 1.807) is 0 Å². The Kier molecular flexibility index (Phi) is 3.58. The van der Waals surface area contributed by atoms with Gasteiger partial charge in [0.2, 0.25) is 0 Å². The fourth-order valence-electron chi connectivity index (χ4n) is 3.01. The lowest BCUT2D eigenvalue weighted by molar-refractivity contribution is 0.0616. The molecular weight excluding hydrogens is 236 g/mol. The number of nitrogens with two attached hydrogens (primary N) is 1. The molecule has 1 unspecified atom stereocenters. The van der Waals surface area contributed by atoms with Gasteiger partial charge in [0.15, 0.2) is 0 Å². The van der Waals surface area contributed by atoms with Crippen molar-refractivity contribution in [2.24, 2.45) is 11.7 Å². The van der Waals surface area contributed by atoms with E-state index >= 15 is 0 Å². The van der Waals surface area contributed by atoms with Crippen LogP contribution in [0.2, 0.25) is 0 Å². The molecule has 0 spiro atoms. The lowest BCUT2D eigenvalue weighted by Crippen LogP contribution is -2.20. The highest BCUT2D eigenvalue weighted by Crippen LogP contribution is 2.26. The Morgan fingerprint density at radius 1 is 1.32 bits per heavy atom. The third-order valence-electron chi connectivity index (χ3n) is 4.13. The second kappa shape index (κ2) is 5.35. The molecule has 1 aliphatic rings. The van der Waals surface area contributed by atoms with Gasteiger partial charge in [-0.15, -0.1) is 0 Å². The second-order valence-corrected chi connectivity index (χ2v) is 5.59. The molecule has 19 heavy (non-hydrogen) atoms. The molecular formula is C16H22N2O. The molecule has 1 aliphatic heterocycles. The van der Waals surface area contributed by atoms with E-state index < -0.39 is 0 Å². The number of hydrogen-bond acceptors (Lipinski definition) is 2. The highest BCUT2D eigenvalue weighted by Gasteiger charge is 2.16. The lowest BCUT2D eigenvalue weighted by atomic mass is 10.00. The summed E-state index contributed by atoms with van der Waals surface area (Å²) >= 11 is 0. The van der Waals surface area contributed by atoms with Crippen LogP contribution in [0, 0.1) is 5.92 Å². The number of ether oxygens (including phenoxy) is 1. The summed E-state index contributed by atoms with van der Waals surface area (Å²) in [5.74, 6) is 0.739. The van der Waals surface area contributed by atoms with Gasteiger partial charge in [-0.1, -0.05) is 12.1 Å². The fraction of sp³-hybridized carbons (Fsp3) is 0.500. The first kappa shape index (κ1) is 12.7. The summed E-state index contributed by atoms with van der Waals surface area (Å²) < 4.78 is 7.80. The SMILES string of the molecule is CC(N)c1cccc2c1ccn2CC1CCOCC1. The van der Waals surface area contributed by atoms with Crippen molar-refractivity contribution in [3.05, 3.63) is 36.0 Å². The molecule has 0 saturated carbocycles. The van der Waals surface area contributed by atoms with Gasteiger partial charge in [0.1, 0.15) is 0 Å². The molecule has 3 heteroatoms. The summed E-state index contributed by atoms with van der Waals surface area (Å²) in [7, 11) is 0. The minimum atomic E-state index is 0.0858. The smallest absolute Gasteiger partial charge is 0.0483 e. The van der Waals surface area contributed by atoms with E-state index in [4.69, 9.17) is 10.5 Å². The van der Waals surface area contributed by atoms with Crippen LogP contribution in [0.15, 0.2) is 30.5 Å². The Labute approximate surface area is 114 Å². The maximum Gasteiger partial charge on any atom is 0.0483 e. The van der Waals surface area contributed by atoms with Gasteiger partial charge >= 0.3 is 0 Å². The van der Waals surface area contributed by atoms with Crippen LogP contribution < -0.4 is 5.73 Å². The topological polar surface area (TPSA) is 40.2 Å². The van der Waals surface area contributed by atoms with Gasteiger partial charge in [0, 0.05) is 42.9 Å². The molecule has 1 fully saturated rings. The highest BCUT2D eigenvalue weighted by molar-refractivity contribution is 5.84. The number of nitrogens with zero attached hydrogens (tertiary/aromatic N) is 1. The lowest BCUT2D eigenvalue weighted by Gasteiger charge is -2.23. The first-order valence-corrected chi connectivity index (χ1v) is 7.17. The zero-order chi connectivity index (χ0) is 13.2. The Hall–Kier alpha value is -1.32. The minimum absolute atomic E-state index is 0.0858. The van der Waals surface area contributed by atoms with Gasteiger partial charge in [-0.2, -0.15) is 0 Å². The van der Waals surface area contributed by atoms with Crippen LogP contribution in [0.4, 0.5) is 0 Å². The number of benzene rings is 1. The van der Waals surface area contributed by atoms with Gasteiger partial charge in [0.25, 0.3) is 0 Å². The first-order valence-electron chi connectivity index (χ1n) is 7.17. The number of aromatic nitrogens is 1. The predicted octanol–water partition coefficient (Wildman–Crippen LogP) is 3.09. The Morgan fingerprint density at radius 3 is 2.84 bits per heavy atom. The van der Waals surface area contributed by atoms with Gasteiger partial charge in [-0.3, -0.25) is 0 Å². The van der Waals surface area contributed by atoms with Crippen molar-refractivity contribution in [2.75, 3.05) is 13.2 Å². The van der Waals surface area contributed by atoms with E-state index in [-0.39, 0.29) is 6.04 Å². The fourth-order valence-corrected chi connectivity index (χ4v) is 3.01. The van der Waals surface area contributed by atoms with E-state index in [9.17, 15) is 0 Å². The van der Waals surface area contributed by atoms with Crippen molar-refractivity contribution < 1.29 is 4.74 Å². The van der Waals surface area contributed by atoms with E-state index in [0.717, 1.165) is 25.7 Å². The summed E-state index contributed by atoms with van der Waals surface area (Å²) in [6, 6.07) is 8.73. The number of hydrogen-bond donors (Lipinski definition) is 1. The summed E-state index contributed by atoms with van der Waals surface area (Å²) in [6.07, 6.45) is 4.55. The van der Waals surface area contributed by atoms with E-state index in [1.165, 1.54) is 29.3 Å². The molecule has 0 bridgehead atoms. The monoisotopic (exact) mass is 258 g/mol. The van der Waals surface area contributed by atoms with Crippen LogP contribution in [0.5, 0.6) is 0 Å². The van der Waals surface area contributed by atoms with Gasteiger partial charge < -0.3 is 15.0 Å². The van der Waals surface area contributed by atoms with E-state index in [1.807, 2.05) is 6.92 Å². The van der Waals surface area contributed by atoms with E-state index in [2.05, 4.69) is 35.0 Å². The maximum atomic E-state index is 6.05. The molecule has 0 aliphatic carbocycles. The second-order valence-electron chi connectivity index (χ2n) is 5.59. The molecule has 102 valence electrons. The minimum Gasteiger partial charge on any atom is -0.381 e. The molecule has 2 N–H and O–H groups in total. The van der Waals surface area contributed by atoms with E-state index in [0.29, 0.717) is 0 Å². The Balaban J connectivity index is 1.90. The average molecular weight is 258 g/mol. The van der Waals surface area contributed by atoms with Crippen LogP contribution in [0.3, 0.4) is 0 Å². The average Bonchev–Trinajstić information content (AvgIpc) is 2.83. The van der Waals surface area contributed by atoms with Gasteiger partial charge in [0.05, 0.1) is 0 Å². The largest absolute Gasteiger partial charge is 0.381 e. The molecule has 0 amide bonds. The molecule has 1 atom stereocenters. The predicted molar refractivity (Wildman–Crippen MR) is 78.1 cm³/mol. The molecule has 1 aromatic carbocycles. The number of rotatable bonds is 3. The van der Waals surface area contributed by atoms with Crippen molar-refractivity contribution in [2.45, 2.75) is 32.4 Å². The zero-order valence-corrected chi connectivity index (χ0v) is 11.5. The van der Waals surface area contributed by atoms with Crippen molar-refractivity contribution in [1.29, 1.82) is 0 Å². The summed E-state index contributed by atoms with van der Waals surface area (Å²) in [5, 5.41) is 1.30. The van der Waals surface area contributed by atoms with Crippen molar-refractivity contribution in [3.63, 3.8) is 0 Å². The molecule has 3 rings (SSSR count). The standard InChI is InChI=1S/C16H22N2O/c1-12(17)14-3-2-4-16-15(14)5-8-18(16)11-13-6-9-19-10-7-13/h2-5,8,12-13H,6-7,9-11,17H2,1H3. The Morgan fingerprint density at radius 2 is 2.11 bits per heavy atom. The summed E-state index contributed by atoms with van der Waals surface area (Å²) in [5.41, 5.74) is 8.59. The molecule has 1 saturated heterocycles. The van der Waals surface area contributed by atoms with Crippen LogP contribution in [0.1, 0.15) is 31.4 Å². The molecule has 3 nitrogen and oxygen atoms in total. The third kappa shape index (κ3) is 2.53. The van der Waals surface area contributed by atoms with Crippen LogP contribution in [-0.4, -0.2) is 17.8 Å². The Bertz CT molecular complexity index is 553. The molecule has 0 radical (unpaired) electrons. The van der Waals surface area contributed by atoms with Crippen LogP contribution in [0.25, 0.3) is 10.9 Å². The summed E-state index contributed by atoms with van der Waals surface area (Å²) in [4.78, 5) is 0. The molecule has 2 heterocycles. The molecule has 1 aromatic heterocycles. The quantitative estimate of drug-likeness (QED) is 0.919. The number of fused-ring (bicyclic) bond motifs is 1. The molecule has 2 aromatic rings. The zero-order valence-electron chi connectivity index (χ0n) is 11.5. The van der Waals surface area contributed by atoms with Crippen LogP contribution >= 0.6 is 0 Å². The van der Waals surface area contributed by atoms with Gasteiger partial charge in [-0.25, -0.2) is 0 Å². The normalized spacial score (nSPS) is 18.8. The van der Waals surface area contributed by atoms with Crippen molar-refractivity contribution in [3.8, 4) is 0 Å². The van der Waals surface area contributed by atoms with Gasteiger partial charge in [-0.05, 0) is 43.4 Å². The highest BCUT2D eigenvalue weighted by atomic mass is 16.5. The maximum absolute atomic E-state index is 6.05. The van der Waals surface area contributed by atoms with Crippen LogP contribution in [-0.2, 0) is 11.3 Å². The summed E-state index contributed by atoms with van der Waals surface area (Å²) in [6.45, 7) is 4.96. The van der Waals surface area contributed by atoms with Crippen molar-refractivity contribution >= 4 is 10.9 Å². The first-order chi connectivity index (χ1) is 9.25. The third-order valence-corrected chi connectivity index (χ3v) is 4.13. The van der Waals surface area contributed by atoms with Crippen molar-refractivity contribution in [1.82, 2.24) is 4.57 Å².